The highest BCUT2D eigenvalue weighted by atomic mass is 79.9. The van der Waals surface area contributed by atoms with Crippen molar-refractivity contribution in [1.29, 1.82) is 0 Å². The van der Waals surface area contributed by atoms with E-state index in [0.29, 0.717) is 12.5 Å². The number of hydrogen-bond acceptors (Lipinski definition) is 1. The second-order valence-corrected chi connectivity index (χ2v) is 6.53. The standard InChI is InChI=1S/C18H21BrFN/c1-13(2)21-12-16(14-7-5-8-17(19)11-14)10-15-6-3-4-9-18(15)20/h3-9,11,13,16,21H,10,12H2,1-2H3. The van der Waals surface area contributed by atoms with Crippen LogP contribution >= 0.6 is 15.9 Å². The van der Waals surface area contributed by atoms with Gasteiger partial charge in [-0.2, -0.15) is 0 Å². The van der Waals surface area contributed by atoms with Crippen LogP contribution in [-0.4, -0.2) is 12.6 Å². The molecule has 0 radical (unpaired) electrons. The lowest BCUT2D eigenvalue weighted by Crippen LogP contribution is -2.29. The first-order valence-corrected chi connectivity index (χ1v) is 8.08. The Kier molecular flexibility index (Phi) is 5.95. The van der Waals surface area contributed by atoms with E-state index in [9.17, 15) is 4.39 Å². The van der Waals surface area contributed by atoms with Crippen molar-refractivity contribution in [3.63, 3.8) is 0 Å². The number of rotatable bonds is 6. The molecule has 2 aromatic rings. The summed E-state index contributed by atoms with van der Waals surface area (Å²) in [5.74, 6) is 0.129. The molecule has 3 heteroatoms. The number of hydrogen-bond donors (Lipinski definition) is 1. The van der Waals surface area contributed by atoms with Gasteiger partial charge in [-0.05, 0) is 35.7 Å². The lowest BCUT2D eigenvalue weighted by molar-refractivity contribution is 0.517. The van der Waals surface area contributed by atoms with E-state index in [1.807, 2.05) is 24.3 Å². The van der Waals surface area contributed by atoms with Gasteiger partial charge in [0.1, 0.15) is 5.82 Å². The van der Waals surface area contributed by atoms with Crippen LogP contribution in [0.2, 0.25) is 0 Å². The molecule has 0 aliphatic rings. The average Bonchev–Trinajstić information content (AvgIpc) is 2.45. The molecule has 2 rings (SSSR count). The Bertz CT molecular complexity index is 583. The monoisotopic (exact) mass is 349 g/mol. The summed E-state index contributed by atoms with van der Waals surface area (Å²) in [6, 6.07) is 15.7. The SMILES string of the molecule is CC(C)NCC(Cc1ccccc1F)c1cccc(Br)c1. The molecule has 1 N–H and O–H groups in total. The first kappa shape index (κ1) is 16.2. The summed E-state index contributed by atoms with van der Waals surface area (Å²) < 4.78 is 15.0. The van der Waals surface area contributed by atoms with Gasteiger partial charge in [0.15, 0.2) is 0 Å². The zero-order chi connectivity index (χ0) is 15.2. The normalized spacial score (nSPS) is 12.6. The van der Waals surface area contributed by atoms with Crippen molar-refractivity contribution in [2.75, 3.05) is 6.54 Å². The van der Waals surface area contributed by atoms with Gasteiger partial charge in [-0.25, -0.2) is 4.39 Å². The predicted molar refractivity (Wildman–Crippen MR) is 90.1 cm³/mol. The third-order valence-electron chi connectivity index (χ3n) is 3.52. The Morgan fingerprint density at radius 1 is 1.10 bits per heavy atom. The smallest absolute Gasteiger partial charge is 0.126 e. The molecule has 1 atom stereocenters. The molecule has 0 aromatic heterocycles. The highest BCUT2D eigenvalue weighted by molar-refractivity contribution is 9.10. The van der Waals surface area contributed by atoms with Crippen molar-refractivity contribution < 1.29 is 4.39 Å². The van der Waals surface area contributed by atoms with Crippen LogP contribution in [-0.2, 0) is 6.42 Å². The zero-order valence-electron chi connectivity index (χ0n) is 12.4. The van der Waals surface area contributed by atoms with Crippen LogP contribution < -0.4 is 5.32 Å². The van der Waals surface area contributed by atoms with Gasteiger partial charge in [-0.3, -0.25) is 0 Å². The molecular formula is C18H21BrFN. The Hall–Kier alpha value is -1.19. The van der Waals surface area contributed by atoms with Crippen molar-refractivity contribution in [2.24, 2.45) is 0 Å². The van der Waals surface area contributed by atoms with E-state index in [0.717, 1.165) is 16.6 Å². The summed E-state index contributed by atoms with van der Waals surface area (Å²) >= 11 is 3.52. The summed E-state index contributed by atoms with van der Waals surface area (Å²) in [6.07, 6.45) is 0.697. The summed E-state index contributed by atoms with van der Waals surface area (Å²) in [4.78, 5) is 0. The van der Waals surface area contributed by atoms with Gasteiger partial charge in [0.05, 0.1) is 0 Å². The van der Waals surface area contributed by atoms with Crippen molar-refractivity contribution in [2.45, 2.75) is 32.2 Å². The summed E-state index contributed by atoms with van der Waals surface area (Å²) in [5.41, 5.74) is 1.99. The van der Waals surface area contributed by atoms with E-state index in [2.05, 4.69) is 47.2 Å². The summed E-state index contributed by atoms with van der Waals surface area (Å²) in [7, 11) is 0. The largest absolute Gasteiger partial charge is 0.314 e. The third-order valence-corrected chi connectivity index (χ3v) is 4.01. The molecule has 0 spiro atoms. The molecule has 0 saturated heterocycles. The number of nitrogens with one attached hydrogen (secondary N) is 1. The molecule has 0 aliphatic carbocycles. The van der Waals surface area contributed by atoms with Gasteiger partial charge in [0.2, 0.25) is 0 Å². The Morgan fingerprint density at radius 2 is 1.86 bits per heavy atom. The first-order chi connectivity index (χ1) is 10.1. The van der Waals surface area contributed by atoms with Crippen LogP contribution in [0.3, 0.4) is 0 Å². The van der Waals surface area contributed by atoms with Gasteiger partial charge in [0, 0.05) is 23.0 Å². The van der Waals surface area contributed by atoms with Gasteiger partial charge < -0.3 is 5.32 Å². The Labute approximate surface area is 134 Å². The zero-order valence-corrected chi connectivity index (χ0v) is 14.0. The molecule has 1 nitrogen and oxygen atoms in total. The molecule has 1 unspecified atom stereocenters. The van der Waals surface area contributed by atoms with Crippen LogP contribution in [0.15, 0.2) is 53.0 Å². The van der Waals surface area contributed by atoms with Crippen molar-refractivity contribution in [1.82, 2.24) is 5.32 Å². The fourth-order valence-corrected chi connectivity index (χ4v) is 2.79. The highest BCUT2D eigenvalue weighted by Gasteiger charge is 2.15. The van der Waals surface area contributed by atoms with Crippen molar-refractivity contribution in [3.8, 4) is 0 Å². The maximum absolute atomic E-state index is 13.9. The van der Waals surface area contributed by atoms with E-state index in [4.69, 9.17) is 0 Å². The van der Waals surface area contributed by atoms with E-state index < -0.39 is 0 Å². The minimum Gasteiger partial charge on any atom is -0.314 e. The van der Waals surface area contributed by atoms with E-state index in [1.54, 1.807) is 6.07 Å². The van der Waals surface area contributed by atoms with Crippen LogP contribution in [0.5, 0.6) is 0 Å². The molecule has 0 heterocycles. The molecular weight excluding hydrogens is 329 g/mol. The van der Waals surface area contributed by atoms with E-state index in [1.165, 1.54) is 11.6 Å². The van der Waals surface area contributed by atoms with Crippen LogP contribution in [0, 0.1) is 5.82 Å². The second-order valence-electron chi connectivity index (χ2n) is 5.61. The van der Waals surface area contributed by atoms with Crippen LogP contribution in [0.4, 0.5) is 4.39 Å². The van der Waals surface area contributed by atoms with Crippen molar-refractivity contribution >= 4 is 15.9 Å². The average molecular weight is 350 g/mol. The quantitative estimate of drug-likeness (QED) is 0.780. The van der Waals surface area contributed by atoms with Gasteiger partial charge in [-0.1, -0.05) is 60.1 Å². The molecule has 112 valence electrons. The number of halogens is 2. The molecule has 0 bridgehead atoms. The Morgan fingerprint density at radius 3 is 2.52 bits per heavy atom. The van der Waals surface area contributed by atoms with Gasteiger partial charge in [-0.15, -0.1) is 0 Å². The predicted octanol–water partition coefficient (Wildman–Crippen LogP) is 4.91. The van der Waals surface area contributed by atoms with E-state index >= 15 is 0 Å². The highest BCUT2D eigenvalue weighted by Crippen LogP contribution is 2.24. The first-order valence-electron chi connectivity index (χ1n) is 7.28. The van der Waals surface area contributed by atoms with Crippen molar-refractivity contribution in [3.05, 3.63) is 69.9 Å². The van der Waals surface area contributed by atoms with Gasteiger partial charge >= 0.3 is 0 Å². The number of benzene rings is 2. The lowest BCUT2D eigenvalue weighted by atomic mass is 9.91. The minimum atomic E-state index is -0.123. The maximum Gasteiger partial charge on any atom is 0.126 e. The van der Waals surface area contributed by atoms with E-state index in [-0.39, 0.29) is 11.7 Å². The lowest BCUT2D eigenvalue weighted by Gasteiger charge is -2.20. The second kappa shape index (κ2) is 7.71. The molecule has 0 fully saturated rings. The van der Waals surface area contributed by atoms with Crippen LogP contribution in [0.1, 0.15) is 30.9 Å². The fourth-order valence-electron chi connectivity index (χ4n) is 2.38. The molecule has 0 saturated carbocycles. The van der Waals surface area contributed by atoms with Gasteiger partial charge in [0.25, 0.3) is 0 Å². The summed E-state index contributed by atoms with van der Waals surface area (Å²) in [5, 5.41) is 3.47. The topological polar surface area (TPSA) is 12.0 Å². The third kappa shape index (κ3) is 4.94. The summed E-state index contributed by atoms with van der Waals surface area (Å²) in [6.45, 7) is 5.09. The maximum atomic E-state index is 13.9. The Balaban J connectivity index is 2.21. The van der Waals surface area contributed by atoms with Crippen LogP contribution in [0.25, 0.3) is 0 Å². The minimum absolute atomic E-state index is 0.123. The fraction of sp³-hybridized carbons (Fsp3) is 0.333. The molecule has 2 aromatic carbocycles. The molecule has 0 aliphatic heterocycles. The molecule has 0 amide bonds. The molecule has 21 heavy (non-hydrogen) atoms.